The maximum Gasteiger partial charge on any atom is 0.191 e. The van der Waals surface area contributed by atoms with Crippen molar-refractivity contribution in [3.8, 4) is 0 Å². The molecule has 1 heterocycles. The quantitative estimate of drug-likeness (QED) is 0.536. The SMILES string of the molecule is CCNC(=NCc1cc(C(C)C)no1)NCC1(CCOC)CCC1. The molecule has 0 spiro atoms. The molecule has 1 aliphatic carbocycles. The third-order valence-electron chi connectivity index (χ3n) is 4.79. The fourth-order valence-electron chi connectivity index (χ4n) is 2.96. The summed E-state index contributed by atoms with van der Waals surface area (Å²) in [7, 11) is 1.77. The zero-order chi connectivity index (χ0) is 17.4. The van der Waals surface area contributed by atoms with Gasteiger partial charge in [-0.1, -0.05) is 25.4 Å². The van der Waals surface area contributed by atoms with Crippen molar-refractivity contribution in [2.75, 3.05) is 26.8 Å². The minimum atomic E-state index is 0.364. The number of methoxy groups -OCH3 is 1. The first-order valence-corrected chi connectivity index (χ1v) is 9.05. The number of nitrogens with one attached hydrogen (secondary N) is 2. The summed E-state index contributed by atoms with van der Waals surface area (Å²) in [5.74, 6) is 2.01. The topological polar surface area (TPSA) is 71.7 Å². The molecule has 0 radical (unpaired) electrons. The largest absolute Gasteiger partial charge is 0.385 e. The van der Waals surface area contributed by atoms with Crippen LogP contribution in [-0.4, -0.2) is 37.9 Å². The van der Waals surface area contributed by atoms with Crippen LogP contribution >= 0.6 is 0 Å². The summed E-state index contributed by atoms with van der Waals surface area (Å²) in [6, 6.07) is 1.99. The van der Waals surface area contributed by atoms with E-state index in [0.29, 0.717) is 17.9 Å². The Balaban J connectivity index is 1.90. The van der Waals surface area contributed by atoms with Gasteiger partial charge in [-0.25, -0.2) is 4.99 Å². The molecule has 24 heavy (non-hydrogen) atoms. The number of aromatic nitrogens is 1. The van der Waals surface area contributed by atoms with E-state index in [-0.39, 0.29) is 0 Å². The summed E-state index contributed by atoms with van der Waals surface area (Å²) >= 11 is 0. The van der Waals surface area contributed by atoms with Crippen molar-refractivity contribution in [2.45, 2.75) is 58.9 Å². The maximum absolute atomic E-state index is 5.36. The highest BCUT2D eigenvalue weighted by atomic mass is 16.5. The predicted molar refractivity (Wildman–Crippen MR) is 96.2 cm³/mol. The minimum absolute atomic E-state index is 0.364. The zero-order valence-electron chi connectivity index (χ0n) is 15.5. The number of nitrogens with zero attached hydrogens (tertiary/aromatic N) is 2. The fourth-order valence-corrected chi connectivity index (χ4v) is 2.96. The molecule has 136 valence electrons. The van der Waals surface area contributed by atoms with E-state index in [0.717, 1.165) is 43.5 Å². The first kappa shape index (κ1) is 18.8. The number of rotatable bonds is 9. The van der Waals surface area contributed by atoms with Crippen LogP contribution in [0.15, 0.2) is 15.6 Å². The van der Waals surface area contributed by atoms with Gasteiger partial charge in [0.15, 0.2) is 11.7 Å². The Labute approximate surface area is 145 Å². The lowest BCUT2D eigenvalue weighted by Gasteiger charge is -2.42. The van der Waals surface area contributed by atoms with E-state index in [1.165, 1.54) is 19.3 Å². The molecule has 0 amide bonds. The van der Waals surface area contributed by atoms with Crippen LogP contribution in [0.25, 0.3) is 0 Å². The Morgan fingerprint density at radius 2 is 2.21 bits per heavy atom. The Morgan fingerprint density at radius 3 is 2.75 bits per heavy atom. The molecule has 6 heteroatoms. The van der Waals surface area contributed by atoms with Crippen molar-refractivity contribution in [1.82, 2.24) is 15.8 Å². The summed E-state index contributed by atoms with van der Waals surface area (Å²) in [4.78, 5) is 4.63. The van der Waals surface area contributed by atoms with Crippen molar-refractivity contribution < 1.29 is 9.26 Å². The predicted octanol–water partition coefficient (Wildman–Crippen LogP) is 3.06. The molecular formula is C18H32N4O2. The van der Waals surface area contributed by atoms with Crippen molar-refractivity contribution in [1.29, 1.82) is 0 Å². The van der Waals surface area contributed by atoms with E-state index >= 15 is 0 Å². The third-order valence-corrected chi connectivity index (χ3v) is 4.79. The molecule has 1 aliphatic rings. The number of aliphatic imine (C=N–C) groups is 1. The number of guanidine groups is 1. The lowest BCUT2D eigenvalue weighted by Crippen LogP contribution is -2.46. The van der Waals surface area contributed by atoms with Gasteiger partial charge in [0.05, 0.1) is 5.69 Å². The smallest absolute Gasteiger partial charge is 0.191 e. The monoisotopic (exact) mass is 336 g/mol. The molecule has 1 aromatic rings. The molecule has 0 bridgehead atoms. The Kier molecular flexibility index (Phi) is 7.09. The second-order valence-corrected chi connectivity index (χ2v) is 7.02. The van der Waals surface area contributed by atoms with Gasteiger partial charge in [0, 0.05) is 32.9 Å². The van der Waals surface area contributed by atoms with Gasteiger partial charge >= 0.3 is 0 Å². The summed E-state index contributed by atoms with van der Waals surface area (Å²) in [6.07, 6.45) is 4.95. The van der Waals surface area contributed by atoms with Gasteiger partial charge in [0.25, 0.3) is 0 Å². The summed E-state index contributed by atoms with van der Waals surface area (Å²) < 4.78 is 10.6. The lowest BCUT2D eigenvalue weighted by molar-refractivity contribution is 0.0732. The van der Waals surface area contributed by atoms with Crippen LogP contribution < -0.4 is 10.6 Å². The molecule has 6 nitrogen and oxygen atoms in total. The van der Waals surface area contributed by atoms with Gasteiger partial charge in [-0.15, -0.1) is 0 Å². The Hall–Kier alpha value is -1.56. The second kappa shape index (κ2) is 9.06. The van der Waals surface area contributed by atoms with Crippen LogP contribution in [-0.2, 0) is 11.3 Å². The summed E-state index contributed by atoms with van der Waals surface area (Å²) in [5.41, 5.74) is 1.34. The van der Waals surface area contributed by atoms with E-state index < -0.39 is 0 Å². The van der Waals surface area contributed by atoms with Crippen LogP contribution in [0.3, 0.4) is 0 Å². The number of ether oxygens (including phenoxy) is 1. The van der Waals surface area contributed by atoms with E-state index in [2.05, 4.69) is 41.6 Å². The van der Waals surface area contributed by atoms with Crippen LogP contribution in [0, 0.1) is 5.41 Å². The molecule has 0 unspecified atom stereocenters. The average Bonchev–Trinajstić information content (AvgIpc) is 3.00. The molecule has 1 saturated carbocycles. The van der Waals surface area contributed by atoms with Crippen LogP contribution in [0.5, 0.6) is 0 Å². The average molecular weight is 336 g/mol. The first-order valence-electron chi connectivity index (χ1n) is 9.05. The van der Waals surface area contributed by atoms with E-state index in [9.17, 15) is 0 Å². The van der Waals surface area contributed by atoms with E-state index in [1.807, 2.05) is 6.07 Å². The summed E-state index contributed by atoms with van der Waals surface area (Å²) in [5, 5.41) is 10.9. The van der Waals surface area contributed by atoms with Gasteiger partial charge in [-0.05, 0) is 37.5 Å². The third kappa shape index (κ3) is 5.23. The zero-order valence-corrected chi connectivity index (χ0v) is 15.5. The first-order chi connectivity index (χ1) is 11.6. The molecule has 1 fully saturated rings. The van der Waals surface area contributed by atoms with Crippen LogP contribution in [0.2, 0.25) is 0 Å². The second-order valence-electron chi connectivity index (χ2n) is 7.02. The van der Waals surface area contributed by atoms with E-state index in [1.54, 1.807) is 7.11 Å². The van der Waals surface area contributed by atoms with Crippen molar-refractivity contribution in [2.24, 2.45) is 10.4 Å². The molecule has 2 rings (SSSR count). The van der Waals surface area contributed by atoms with Gasteiger partial charge in [0.2, 0.25) is 0 Å². The molecule has 0 aliphatic heterocycles. The Bertz CT molecular complexity index is 521. The number of hydrogen-bond donors (Lipinski definition) is 2. The van der Waals surface area contributed by atoms with Crippen LogP contribution in [0.4, 0.5) is 0 Å². The van der Waals surface area contributed by atoms with Gasteiger partial charge in [-0.3, -0.25) is 0 Å². The van der Waals surface area contributed by atoms with Gasteiger partial charge in [-0.2, -0.15) is 0 Å². The lowest BCUT2D eigenvalue weighted by atomic mass is 9.67. The standard InChI is InChI=1S/C18H32N4O2/c1-5-19-17(20-12-15-11-16(14(2)3)22-24-15)21-13-18(7-6-8-18)9-10-23-4/h11,14H,5-10,12-13H2,1-4H3,(H2,19,20,21). The normalized spacial score (nSPS) is 17.0. The Morgan fingerprint density at radius 1 is 1.42 bits per heavy atom. The molecule has 1 aromatic heterocycles. The highest BCUT2D eigenvalue weighted by Gasteiger charge is 2.36. The highest BCUT2D eigenvalue weighted by Crippen LogP contribution is 2.43. The molecular weight excluding hydrogens is 304 g/mol. The van der Waals surface area contributed by atoms with Crippen molar-refractivity contribution >= 4 is 5.96 Å². The van der Waals surface area contributed by atoms with Crippen molar-refractivity contribution in [3.05, 3.63) is 17.5 Å². The molecule has 0 aromatic carbocycles. The van der Waals surface area contributed by atoms with Gasteiger partial charge in [0.1, 0.15) is 6.54 Å². The number of hydrogen-bond acceptors (Lipinski definition) is 4. The fraction of sp³-hybridized carbons (Fsp3) is 0.778. The molecule has 0 saturated heterocycles. The summed E-state index contributed by atoms with van der Waals surface area (Å²) in [6.45, 7) is 9.39. The van der Waals surface area contributed by atoms with Crippen LogP contribution in [0.1, 0.15) is 63.8 Å². The minimum Gasteiger partial charge on any atom is -0.385 e. The highest BCUT2D eigenvalue weighted by molar-refractivity contribution is 5.79. The van der Waals surface area contributed by atoms with E-state index in [4.69, 9.17) is 9.26 Å². The molecule has 2 N–H and O–H groups in total. The maximum atomic E-state index is 5.36. The molecule has 0 atom stereocenters. The van der Waals surface area contributed by atoms with Gasteiger partial charge < -0.3 is 19.9 Å². The van der Waals surface area contributed by atoms with Crippen molar-refractivity contribution in [3.63, 3.8) is 0 Å².